The Labute approximate surface area is 97.2 Å². The van der Waals surface area contributed by atoms with Gasteiger partial charge < -0.3 is 20.1 Å². The number of aromatic hydroxyl groups is 2. The van der Waals surface area contributed by atoms with Crippen molar-refractivity contribution in [3.8, 4) is 11.5 Å². The van der Waals surface area contributed by atoms with Gasteiger partial charge in [0.15, 0.2) is 11.5 Å². The molecule has 0 atom stereocenters. The number of anilines is 1. The first-order valence-electron chi connectivity index (χ1n) is 4.87. The summed E-state index contributed by atoms with van der Waals surface area (Å²) in [5, 5.41) is 21.0. The summed E-state index contributed by atoms with van der Waals surface area (Å²) in [7, 11) is 1.70. The van der Waals surface area contributed by atoms with E-state index in [1.807, 2.05) is 0 Å². The third-order valence-corrected chi connectivity index (χ3v) is 2.28. The summed E-state index contributed by atoms with van der Waals surface area (Å²) < 4.78 is 1.58. The van der Waals surface area contributed by atoms with Crippen molar-refractivity contribution in [2.24, 2.45) is 7.05 Å². The minimum Gasteiger partial charge on any atom is -0.504 e. The van der Waals surface area contributed by atoms with Gasteiger partial charge in [0.05, 0.1) is 12.5 Å². The Kier molecular flexibility index (Phi) is 2.70. The Morgan fingerprint density at radius 2 is 2.12 bits per heavy atom. The molecular formula is C11H11N3O3. The molecule has 88 valence electrons. The fourth-order valence-electron chi connectivity index (χ4n) is 1.37. The summed E-state index contributed by atoms with van der Waals surface area (Å²) in [6, 6.07) is 4.06. The molecule has 0 saturated carbocycles. The predicted octanol–water partition coefficient (Wildman–Crippen LogP) is 1.08. The van der Waals surface area contributed by atoms with E-state index in [1.165, 1.54) is 30.7 Å². The second-order valence-electron chi connectivity index (χ2n) is 3.55. The Morgan fingerprint density at radius 1 is 1.35 bits per heavy atom. The Morgan fingerprint density at radius 3 is 2.71 bits per heavy atom. The minimum atomic E-state index is -0.338. The lowest BCUT2D eigenvalue weighted by Gasteiger charge is -2.06. The third kappa shape index (κ3) is 2.20. The van der Waals surface area contributed by atoms with Crippen molar-refractivity contribution in [2.75, 3.05) is 5.32 Å². The second-order valence-corrected chi connectivity index (χ2v) is 3.55. The first-order valence-corrected chi connectivity index (χ1v) is 4.87. The number of hydrogen-bond acceptors (Lipinski definition) is 4. The maximum absolute atomic E-state index is 11.8. The molecule has 1 amide bonds. The molecule has 0 aliphatic heterocycles. The van der Waals surface area contributed by atoms with Gasteiger partial charge in [-0.15, -0.1) is 0 Å². The van der Waals surface area contributed by atoms with Gasteiger partial charge in [-0.3, -0.25) is 4.79 Å². The Balaban J connectivity index is 2.19. The molecule has 17 heavy (non-hydrogen) atoms. The summed E-state index contributed by atoms with van der Waals surface area (Å²) in [5.74, 6) is -0.855. The molecule has 1 heterocycles. The van der Waals surface area contributed by atoms with Gasteiger partial charge in [0.2, 0.25) is 0 Å². The van der Waals surface area contributed by atoms with Gasteiger partial charge >= 0.3 is 0 Å². The highest BCUT2D eigenvalue weighted by molar-refractivity contribution is 6.03. The lowest BCUT2D eigenvalue weighted by Crippen LogP contribution is -2.15. The molecule has 0 radical (unpaired) electrons. The monoisotopic (exact) mass is 233 g/mol. The normalized spacial score (nSPS) is 10.2. The maximum Gasteiger partial charge on any atom is 0.273 e. The van der Waals surface area contributed by atoms with Crippen LogP contribution >= 0.6 is 0 Å². The quantitative estimate of drug-likeness (QED) is 0.535. The number of hydrogen-bond donors (Lipinski definition) is 3. The minimum absolute atomic E-state index is 0.233. The topological polar surface area (TPSA) is 87.4 Å². The smallest absolute Gasteiger partial charge is 0.273 e. The standard InChI is InChI=1S/C11H11N3O3/c1-14-6-12-5-8(14)11(17)13-7-2-3-9(15)10(16)4-7/h2-6,15-16H,1H3,(H,13,17). The SMILES string of the molecule is Cn1cncc1C(=O)Nc1ccc(O)c(O)c1. The van der Waals surface area contributed by atoms with Gasteiger partial charge in [-0.2, -0.15) is 0 Å². The molecular weight excluding hydrogens is 222 g/mol. The fourth-order valence-corrected chi connectivity index (χ4v) is 1.37. The fraction of sp³-hybridized carbons (Fsp3) is 0.0909. The first kappa shape index (κ1) is 11.0. The van der Waals surface area contributed by atoms with Crippen LogP contribution in [0.1, 0.15) is 10.5 Å². The number of carbonyl (C=O) groups is 1. The highest BCUT2D eigenvalue weighted by Crippen LogP contribution is 2.27. The average Bonchev–Trinajstić information content (AvgIpc) is 2.70. The zero-order valence-electron chi connectivity index (χ0n) is 9.08. The summed E-state index contributed by atoms with van der Waals surface area (Å²) in [6.45, 7) is 0. The number of aromatic nitrogens is 2. The molecule has 0 aliphatic rings. The number of carbonyl (C=O) groups excluding carboxylic acids is 1. The molecule has 0 bridgehead atoms. The van der Waals surface area contributed by atoms with E-state index in [1.54, 1.807) is 11.6 Å². The number of nitrogens with one attached hydrogen (secondary N) is 1. The van der Waals surface area contributed by atoms with Crippen LogP contribution in [-0.2, 0) is 7.05 Å². The van der Waals surface area contributed by atoms with Crippen LogP contribution in [0.25, 0.3) is 0 Å². The molecule has 1 aromatic carbocycles. The largest absolute Gasteiger partial charge is 0.504 e. The number of benzene rings is 1. The number of imidazole rings is 1. The van der Waals surface area contributed by atoms with E-state index in [0.29, 0.717) is 11.4 Å². The molecule has 3 N–H and O–H groups in total. The molecule has 1 aromatic heterocycles. The van der Waals surface area contributed by atoms with Crippen molar-refractivity contribution in [2.45, 2.75) is 0 Å². The predicted molar refractivity (Wildman–Crippen MR) is 60.9 cm³/mol. The number of nitrogens with zero attached hydrogens (tertiary/aromatic N) is 2. The van der Waals surface area contributed by atoms with Crippen molar-refractivity contribution in [3.05, 3.63) is 36.4 Å². The highest BCUT2D eigenvalue weighted by Gasteiger charge is 2.10. The van der Waals surface area contributed by atoms with Crippen molar-refractivity contribution in [1.29, 1.82) is 0 Å². The van der Waals surface area contributed by atoms with Crippen molar-refractivity contribution in [1.82, 2.24) is 9.55 Å². The highest BCUT2D eigenvalue weighted by atomic mass is 16.3. The Hall–Kier alpha value is -2.50. The van der Waals surface area contributed by atoms with Crippen LogP contribution in [0.2, 0.25) is 0 Å². The van der Waals surface area contributed by atoms with Crippen LogP contribution in [0.5, 0.6) is 11.5 Å². The molecule has 0 saturated heterocycles. The van der Waals surface area contributed by atoms with E-state index in [4.69, 9.17) is 5.11 Å². The van der Waals surface area contributed by atoms with Crippen LogP contribution in [0.4, 0.5) is 5.69 Å². The third-order valence-electron chi connectivity index (χ3n) is 2.28. The van der Waals surface area contributed by atoms with Crippen molar-refractivity contribution in [3.63, 3.8) is 0 Å². The van der Waals surface area contributed by atoms with E-state index in [0.717, 1.165) is 0 Å². The van der Waals surface area contributed by atoms with Gasteiger partial charge in [0.1, 0.15) is 5.69 Å². The molecule has 6 nitrogen and oxygen atoms in total. The maximum atomic E-state index is 11.8. The Bertz CT molecular complexity index is 563. The number of rotatable bonds is 2. The summed E-state index contributed by atoms with van der Waals surface area (Å²) in [5.41, 5.74) is 0.795. The van der Waals surface area contributed by atoms with E-state index >= 15 is 0 Å². The average molecular weight is 233 g/mol. The molecule has 0 aliphatic carbocycles. The van der Waals surface area contributed by atoms with E-state index < -0.39 is 0 Å². The van der Waals surface area contributed by atoms with E-state index in [-0.39, 0.29) is 17.4 Å². The van der Waals surface area contributed by atoms with Gasteiger partial charge in [-0.05, 0) is 12.1 Å². The number of amides is 1. The van der Waals surface area contributed by atoms with Crippen molar-refractivity contribution < 1.29 is 15.0 Å². The van der Waals surface area contributed by atoms with Gasteiger partial charge in [0.25, 0.3) is 5.91 Å². The van der Waals surface area contributed by atoms with Gasteiger partial charge in [-0.25, -0.2) is 4.98 Å². The molecule has 0 spiro atoms. The molecule has 2 rings (SSSR count). The number of aryl methyl sites for hydroxylation is 1. The summed E-state index contributed by atoms with van der Waals surface area (Å²) >= 11 is 0. The zero-order valence-corrected chi connectivity index (χ0v) is 9.08. The first-order chi connectivity index (χ1) is 8.08. The van der Waals surface area contributed by atoms with Crippen LogP contribution in [0, 0.1) is 0 Å². The molecule has 2 aromatic rings. The summed E-state index contributed by atoms with van der Waals surface area (Å²) in [6.07, 6.45) is 2.96. The van der Waals surface area contributed by atoms with Crippen LogP contribution in [-0.4, -0.2) is 25.7 Å². The molecule has 0 fully saturated rings. The molecule has 6 heteroatoms. The van der Waals surface area contributed by atoms with Crippen LogP contribution < -0.4 is 5.32 Å². The van der Waals surface area contributed by atoms with Crippen LogP contribution in [0.15, 0.2) is 30.7 Å². The van der Waals surface area contributed by atoms with Gasteiger partial charge in [0, 0.05) is 18.8 Å². The second kappa shape index (κ2) is 4.17. The lowest BCUT2D eigenvalue weighted by atomic mass is 10.2. The number of phenolic OH excluding ortho intramolecular Hbond substituents is 2. The van der Waals surface area contributed by atoms with E-state index in [2.05, 4.69) is 10.3 Å². The molecule has 0 unspecified atom stereocenters. The zero-order chi connectivity index (χ0) is 12.4. The number of phenols is 2. The van der Waals surface area contributed by atoms with Gasteiger partial charge in [-0.1, -0.05) is 0 Å². The van der Waals surface area contributed by atoms with Crippen molar-refractivity contribution >= 4 is 11.6 Å². The summed E-state index contributed by atoms with van der Waals surface area (Å²) in [4.78, 5) is 15.6. The van der Waals surface area contributed by atoms with E-state index in [9.17, 15) is 9.90 Å². The lowest BCUT2D eigenvalue weighted by molar-refractivity contribution is 0.101. The van der Waals surface area contributed by atoms with Crippen LogP contribution in [0.3, 0.4) is 0 Å².